The number of carbonyl (C=O) groups is 2. The molecule has 2 unspecified atom stereocenters. The first-order valence-electron chi connectivity index (χ1n) is 12.2. The minimum Gasteiger partial charge on any atom is -0.457 e. The molecule has 32 heavy (non-hydrogen) atoms. The second-order valence-corrected chi connectivity index (χ2v) is 9.30. The normalized spacial score (nSPS) is 19.6. The maximum Gasteiger partial charge on any atom is 0.311 e. The van der Waals surface area contributed by atoms with Gasteiger partial charge in [-0.1, -0.05) is 52.4 Å². The van der Waals surface area contributed by atoms with Gasteiger partial charge in [0.15, 0.2) is 0 Å². The summed E-state index contributed by atoms with van der Waals surface area (Å²) in [5, 5.41) is 0. The quantitative estimate of drug-likeness (QED) is 0.330. The second kappa shape index (κ2) is 12.7. The lowest BCUT2D eigenvalue weighted by molar-refractivity contribution is -0.158. The fourth-order valence-corrected chi connectivity index (χ4v) is 4.86. The lowest BCUT2D eigenvalue weighted by Crippen LogP contribution is -2.26. The molecule has 2 aliphatic rings. The highest BCUT2D eigenvalue weighted by atomic mass is 16.7. The zero-order chi connectivity index (χ0) is 22.8. The van der Waals surface area contributed by atoms with E-state index < -0.39 is 0 Å². The molecule has 0 N–H and O–H groups in total. The van der Waals surface area contributed by atoms with E-state index in [-0.39, 0.29) is 37.4 Å². The van der Waals surface area contributed by atoms with Crippen molar-refractivity contribution in [2.24, 2.45) is 23.7 Å². The smallest absolute Gasteiger partial charge is 0.311 e. The SMILES string of the molecule is CC(C(=O)OCOc1ccc(OCOC(=O)C(C)C2CCCCC2)cc1)C1CCCCC1. The summed E-state index contributed by atoms with van der Waals surface area (Å²) in [4.78, 5) is 24.5. The van der Waals surface area contributed by atoms with Crippen LogP contribution in [0.25, 0.3) is 0 Å². The first kappa shape index (κ1) is 24.4. The highest BCUT2D eigenvalue weighted by molar-refractivity contribution is 5.72. The maximum absolute atomic E-state index is 12.2. The van der Waals surface area contributed by atoms with Crippen molar-refractivity contribution in [1.29, 1.82) is 0 Å². The fraction of sp³-hybridized carbons (Fsp3) is 0.692. The third-order valence-electron chi connectivity index (χ3n) is 7.13. The number of esters is 2. The standard InChI is InChI=1S/C26H38O6/c1-19(21-9-5-3-6-10-21)25(27)31-17-29-23-13-15-24(16-14-23)30-18-32-26(28)20(2)22-11-7-4-8-12-22/h13-16,19-22H,3-12,17-18H2,1-2H3. The average Bonchev–Trinajstić information content (AvgIpc) is 2.85. The van der Waals surface area contributed by atoms with Gasteiger partial charge in [-0.15, -0.1) is 0 Å². The average molecular weight is 447 g/mol. The minimum atomic E-state index is -0.193. The molecule has 0 radical (unpaired) electrons. The van der Waals surface area contributed by atoms with Gasteiger partial charge in [-0.05, 0) is 61.8 Å². The summed E-state index contributed by atoms with van der Waals surface area (Å²) in [5.74, 6) is 1.45. The first-order chi connectivity index (χ1) is 15.5. The van der Waals surface area contributed by atoms with Crippen LogP contribution < -0.4 is 9.47 Å². The molecule has 3 rings (SSSR count). The summed E-state index contributed by atoms with van der Waals surface area (Å²) >= 11 is 0. The van der Waals surface area contributed by atoms with Crippen LogP contribution in [0.2, 0.25) is 0 Å². The van der Waals surface area contributed by atoms with Crippen molar-refractivity contribution in [2.75, 3.05) is 13.6 Å². The van der Waals surface area contributed by atoms with Crippen molar-refractivity contribution in [1.82, 2.24) is 0 Å². The van der Waals surface area contributed by atoms with E-state index in [1.165, 1.54) is 38.5 Å². The van der Waals surface area contributed by atoms with Gasteiger partial charge in [0, 0.05) is 0 Å². The summed E-state index contributed by atoms with van der Waals surface area (Å²) in [6, 6.07) is 6.95. The maximum atomic E-state index is 12.2. The Labute approximate surface area is 191 Å². The second-order valence-electron chi connectivity index (χ2n) is 9.30. The van der Waals surface area contributed by atoms with Crippen LogP contribution in [0.4, 0.5) is 0 Å². The molecule has 1 aromatic rings. The van der Waals surface area contributed by atoms with Crippen LogP contribution in [-0.4, -0.2) is 25.5 Å². The Kier molecular flexibility index (Phi) is 9.69. The van der Waals surface area contributed by atoms with Crippen LogP contribution in [-0.2, 0) is 19.1 Å². The van der Waals surface area contributed by atoms with Gasteiger partial charge in [0.05, 0.1) is 11.8 Å². The van der Waals surface area contributed by atoms with Gasteiger partial charge in [-0.3, -0.25) is 9.59 Å². The summed E-state index contributed by atoms with van der Waals surface area (Å²) in [5.41, 5.74) is 0. The highest BCUT2D eigenvalue weighted by Crippen LogP contribution is 2.31. The number of rotatable bonds is 10. The van der Waals surface area contributed by atoms with Crippen molar-refractivity contribution in [3.05, 3.63) is 24.3 Å². The number of benzene rings is 1. The molecular formula is C26H38O6. The molecule has 0 amide bonds. The molecule has 1 aromatic carbocycles. The van der Waals surface area contributed by atoms with Crippen molar-refractivity contribution in [3.63, 3.8) is 0 Å². The predicted octanol–water partition coefficient (Wildman–Crippen LogP) is 5.88. The lowest BCUT2D eigenvalue weighted by atomic mass is 9.81. The molecule has 2 aliphatic carbocycles. The Morgan fingerprint density at radius 1 is 0.688 bits per heavy atom. The molecule has 178 valence electrons. The summed E-state index contributed by atoms with van der Waals surface area (Å²) < 4.78 is 21.7. The van der Waals surface area contributed by atoms with E-state index in [0.29, 0.717) is 23.3 Å². The first-order valence-corrected chi connectivity index (χ1v) is 12.2. The Morgan fingerprint density at radius 3 is 1.38 bits per heavy atom. The predicted molar refractivity (Wildman–Crippen MR) is 121 cm³/mol. The molecule has 0 heterocycles. The Morgan fingerprint density at radius 2 is 1.03 bits per heavy atom. The molecule has 2 fully saturated rings. The van der Waals surface area contributed by atoms with E-state index in [4.69, 9.17) is 18.9 Å². The van der Waals surface area contributed by atoms with Crippen molar-refractivity contribution in [3.8, 4) is 11.5 Å². The molecule has 6 heteroatoms. The van der Waals surface area contributed by atoms with Crippen molar-refractivity contribution >= 4 is 11.9 Å². The lowest BCUT2D eigenvalue weighted by Gasteiger charge is -2.26. The van der Waals surface area contributed by atoms with E-state index in [1.807, 2.05) is 13.8 Å². The zero-order valence-corrected chi connectivity index (χ0v) is 19.6. The van der Waals surface area contributed by atoms with Gasteiger partial charge in [0.1, 0.15) is 11.5 Å². The summed E-state index contributed by atoms with van der Waals surface area (Å²) in [7, 11) is 0. The Balaban J connectivity index is 1.32. The largest absolute Gasteiger partial charge is 0.457 e. The van der Waals surface area contributed by atoms with Crippen molar-refractivity contribution in [2.45, 2.75) is 78.1 Å². The monoisotopic (exact) mass is 446 g/mol. The highest BCUT2D eigenvalue weighted by Gasteiger charge is 2.27. The molecular weight excluding hydrogens is 408 g/mol. The van der Waals surface area contributed by atoms with E-state index in [1.54, 1.807) is 24.3 Å². The van der Waals surface area contributed by atoms with Crippen LogP contribution in [0.3, 0.4) is 0 Å². The topological polar surface area (TPSA) is 71.1 Å². The molecule has 0 bridgehead atoms. The molecule has 6 nitrogen and oxygen atoms in total. The van der Waals surface area contributed by atoms with Gasteiger partial charge in [0.25, 0.3) is 0 Å². The van der Waals surface area contributed by atoms with Crippen LogP contribution in [0.5, 0.6) is 11.5 Å². The van der Waals surface area contributed by atoms with E-state index >= 15 is 0 Å². The Hall–Kier alpha value is -2.24. The summed E-state index contributed by atoms with van der Waals surface area (Å²) in [6.07, 6.45) is 11.8. The molecule has 0 aliphatic heterocycles. The van der Waals surface area contributed by atoms with Gasteiger partial charge in [0.2, 0.25) is 13.6 Å². The molecule has 2 atom stereocenters. The number of ether oxygens (including phenoxy) is 4. The van der Waals surface area contributed by atoms with Gasteiger partial charge in [-0.2, -0.15) is 0 Å². The van der Waals surface area contributed by atoms with E-state index in [2.05, 4.69) is 0 Å². The molecule has 0 saturated heterocycles. The van der Waals surface area contributed by atoms with Crippen LogP contribution in [0, 0.1) is 23.7 Å². The molecule has 0 spiro atoms. The van der Waals surface area contributed by atoms with Crippen molar-refractivity contribution < 1.29 is 28.5 Å². The number of hydrogen-bond acceptors (Lipinski definition) is 6. The van der Waals surface area contributed by atoms with Gasteiger partial charge >= 0.3 is 11.9 Å². The fourth-order valence-electron chi connectivity index (χ4n) is 4.86. The molecule has 2 saturated carbocycles. The van der Waals surface area contributed by atoms with Gasteiger partial charge < -0.3 is 18.9 Å². The van der Waals surface area contributed by atoms with Crippen LogP contribution in [0.15, 0.2) is 24.3 Å². The molecule has 0 aromatic heterocycles. The zero-order valence-electron chi connectivity index (χ0n) is 19.6. The third kappa shape index (κ3) is 7.42. The third-order valence-corrected chi connectivity index (χ3v) is 7.13. The van der Waals surface area contributed by atoms with Gasteiger partial charge in [-0.25, -0.2) is 0 Å². The van der Waals surface area contributed by atoms with E-state index in [9.17, 15) is 9.59 Å². The van der Waals surface area contributed by atoms with E-state index in [0.717, 1.165) is 25.7 Å². The van der Waals surface area contributed by atoms with Crippen LogP contribution >= 0.6 is 0 Å². The Bertz CT molecular complexity index is 643. The number of hydrogen-bond donors (Lipinski definition) is 0. The minimum absolute atomic E-state index is 0.0850. The summed E-state index contributed by atoms with van der Waals surface area (Å²) in [6.45, 7) is 3.69. The van der Waals surface area contributed by atoms with Crippen LogP contribution in [0.1, 0.15) is 78.1 Å². The number of carbonyl (C=O) groups excluding carboxylic acids is 2.